The van der Waals surface area contributed by atoms with E-state index in [1.165, 1.54) is 4.90 Å². The number of aromatic hydroxyl groups is 1. The minimum atomic E-state index is -0.274. The smallest absolute Gasteiger partial charge is 0.293 e. The Kier molecular flexibility index (Phi) is 4.46. The summed E-state index contributed by atoms with van der Waals surface area (Å²) in [7, 11) is 1.54. The standard InChI is InChI=1S/C14H15NO4S/c1-3-15-13(17)12(20-14(15)18)7-9-4-5-11(16)10(6-9)8-19-2/h4-7,16H,3,8H2,1-2H3/b12-7+. The molecule has 0 spiro atoms. The van der Waals surface area contributed by atoms with Crippen LogP contribution in [0.25, 0.3) is 6.08 Å². The van der Waals surface area contributed by atoms with E-state index in [-0.39, 0.29) is 23.5 Å². The number of phenolic OH excluding ortho intramolecular Hbond substituents is 1. The van der Waals surface area contributed by atoms with Gasteiger partial charge in [-0.05, 0) is 42.5 Å². The van der Waals surface area contributed by atoms with E-state index in [0.717, 1.165) is 17.3 Å². The summed E-state index contributed by atoms with van der Waals surface area (Å²) in [4.78, 5) is 25.2. The first kappa shape index (κ1) is 14.6. The lowest BCUT2D eigenvalue weighted by Gasteiger charge is -2.07. The summed E-state index contributed by atoms with van der Waals surface area (Å²) >= 11 is 0.929. The fourth-order valence-corrected chi connectivity index (χ4v) is 2.79. The van der Waals surface area contributed by atoms with Crippen molar-refractivity contribution < 1.29 is 19.4 Å². The molecule has 1 N–H and O–H groups in total. The van der Waals surface area contributed by atoms with E-state index in [2.05, 4.69) is 0 Å². The highest BCUT2D eigenvalue weighted by Crippen LogP contribution is 2.32. The first-order chi connectivity index (χ1) is 9.56. The van der Waals surface area contributed by atoms with Gasteiger partial charge in [-0.25, -0.2) is 0 Å². The predicted octanol–water partition coefficient (Wildman–Crippen LogP) is 2.59. The third-order valence-corrected chi connectivity index (χ3v) is 3.80. The molecule has 1 saturated heterocycles. The molecule has 106 valence electrons. The van der Waals surface area contributed by atoms with Gasteiger partial charge < -0.3 is 9.84 Å². The molecule has 2 amide bonds. The highest BCUT2D eigenvalue weighted by Gasteiger charge is 2.33. The van der Waals surface area contributed by atoms with Crippen molar-refractivity contribution in [3.63, 3.8) is 0 Å². The van der Waals surface area contributed by atoms with Crippen molar-refractivity contribution >= 4 is 29.0 Å². The number of carbonyl (C=O) groups excluding carboxylic acids is 2. The topological polar surface area (TPSA) is 66.8 Å². The van der Waals surface area contributed by atoms with E-state index in [1.807, 2.05) is 0 Å². The fourth-order valence-electron chi connectivity index (χ4n) is 1.89. The van der Waals surface area contributed by atoms with Crippen molar-refractivity contribution in [2.45, 2.75) is 13.5 Å². The molecule has 0 atom stereocenters. The van der Waals surface area contributed by atoms with Gasteiger partial charge in [-0.1, -0.05) is 6.07 Å². The summed E-state index contributed by atoms with van der Waals surface area (Å²) in [6.07, 6.45) is 1.65. The van der Waals surface area contributed by atoms with Gasteiger partial charge in [0.05, 0.1) is 11.5 Å². The number of ether oxygens (including phenoxy) is 1. The van der Waals surface area contributed by atoms with E-state index in [9.17, 15) is 14.7 Å². The molecule has 1 aliphatic rings. The maximum Gasteiger partial charge on any atom is 0.293 e. The van der Waals surface area contributed by atoms with Crippen molar-refractivity contribution in [2.24, 2.45) is 0 Å². The summed E-state index contributed by atoms with van der Waals surface area (Å²) < 4.78 is 4.99. The van der Waals surface area contributed by atoms with Crippen molar-refractivity contribution in [2.75, 3.05) is 13.7 Å². The molecule has 1 aromatic rings. The summed E-state index contributed by atoms with van der Waals surface area (Å²) in [5.41, 5.74) is 1.38. The predicted molar refractivity (Wildman–Crippen MR) is 77.2 cm³/mol. The molecule has 0 aromatic heterocycles. The number of nitrogens with zero attached hydrogens (tertiary/aromatic N) is 1. The van der Waals surface area contributed by atoms with Crippen molar-refractivity contribution in [1.29, 1.82) is 0 Å². The zero-order valence-electron chi connectivity index (χ0n) is 11.3. The first-order valence-corrected chi connectivity index (χ1v) is 6.94. The number of methoxy groups -OCH3 is 1. The highest BCUT2D eigenvalue weighted by molar-refractivity contribution is 8.18. The molecule has 1 fully saturated rings. The number of hydrogen-bond acceptors (Lipinski definition) is 5. The van der Waals surface area contributed by atoms with Crippen molar-refractivity contribution in [3.8, 4) is 5.75 Å². The van der Waals surface area contributed by atoms with Gasteiger partial charge in [0, 0.05) is 19.2 Å². The summed E-state index contributed by atoms with van der Waals surface area (Å²) in [6, 6.07) is 4.97. The Balaban J connectivity index is 2.30. The summed E-state index contributed by atoms with van der Waals surface area (Å²) in [5.74, 6) is -0.130. The molecule has 2 rings (SSSR count). The lowest BCUT2D eigenvalue weighted by molar-refractivity contribution is -0.122. The molecule has 0 saturated carbocycles. The van der Waals surface area contributed by atoms with Crippen LogP contribution in [0.4, 0.5) is 4.79 Å². The van der Waals surface area contributed by atoms with Crippen LogP contribution in [0, 0.1) is 0 Å². The van der Waals surface area contributed by atoms with Crippen LogP contribution in [-0.2, 0) is 16.1 Å². The lowest BCUT2D eigenvalue weighted by Crippen LogP contribution is -2.27. The van der Waals surface area contributed by atoms with Gasteiger partial charge in [-0.3, -0.25) is 14.5 Å². The number of rotatable bonds is 4. The number of imide groups is 1. The van der Waals surface area contributed by atoms with E-state index in [4.69, 9.17) is 4.74 Å². The average Bonchev–Trinajstić information content (AvgIpc) is 2.68. The molecule has 6 heteroatoms. The third kappa shape index (κ3) is 2.86. The Hall–Kier alpha value is -1.79. The number of likely N-dealkylation sites (N-methyl/N-ethyl adjacent to an activating group) is 1. The highest BCUT2D eigenvalue weighted by atomic mass is 32.2. The molecule has 1 aromatic carbocycles. The van der Waals surface area contributed by atoms with Crippen LogP contribution in [0.15, 0.2) is 23.1 Å². The SMILES string of the molecule is CCN1C(=O)S/C(=C/c2ccc(O)c(COC)c2)C1=O. The summed E-state index contributed by atoms with van der Waals surface area (Å²) in [5, 5.41) is 9.42. The summed E-state index contributed by atoms with van der Waals surface area (Å²) in [6.45, 7) is 2.41. The number of amides is 2. The van der Waals surface area contributed by atoms with Gasteiger partial charge in [0.25, 0.3) is 11.1 Å². The lowest BCUT2D eigenvalue weighted by atomic mass is 10.1. The van der Waals surface area contributed by atoms with Crippen LogP contribution in [0.5, 0.6) is 5.75 Å². The number of thioether (sulfide) groups is 1. The Bertz CT molecular complexity index is 583. The Morgan fingerprint density at radius 2 is 2.15 bits per heavy atom. The molecule has 1 aliphatic heterocycles. The van der Waals surface area contributed by atoms with Gasteiger partial charge in [-0.2, -0.15) is 0 Å². The van der Waals surface area contributed by atoms with Gasteiger partial charge >= 0.3 is 0 Å². The zero-order valence-corrected chi connectivity index (χ0v) is 12.1. The number of carbonyl (C=O) groups is 2. The van der Waals surface area contributed by atoms with E-state index in [1.54, 1.807) is 38.3 Å². The quantitative estimate of drug-likeness (QED) is 0.864. The van der Waals surface area contributed by atoms with Gasteiger partial charge in [0.15, 0.2) is 0 Å². The van der Waals surface area contributed by atoms with E-state index < -0.39 is 0 Å². The monoisotopic (exact) mass is 293 g/mol. The molecule has 0 unspecified atom stereocenters. The van der Waals surface area contributed by atoms with E-state index >= 15 is 0 Å². The van der Waals surface area contributed by atoms with Crippen LogP contribution in [-0.4, -0.2) is 34.8 Å². The molecule has 0 aliphatic carbocycles. The second-order valence-corrected chi connectivity index (χ2v) is 5.24. The second kappa shape index (κ2) is 6.11. The van der Waals surface area contributed by atoms with Gasteiger partial charge in [0.1, 0.15) is 5.75 Å². The van der Waals surface area contributed by atoms with Crippen molar-refractivity contribution in [3.05, 3.63) is 34.2 Å². The molecular weight excluding hydrogens is 278 g/mol. The number of benzene rings is 1. The average molecular weight is 293 g/mol. The minimum Gasteiger partial charge on any atom is -0.508 e. The molecule has 1 heterocycles. The van der Waals surface area contributed by atoms with Crippen LogP contribution in [0.3, 0.4) is 0 Å². The number of hydrogen-bond donors (Lipinski definition) is 1. The number of phenols is 1. The minimum absolute atomic E-state index is 0.144. The third-order valence-electron chi connectivity index (χ3n) is 2.89. The van der Waals surface area contributed by atoms with Crippen LogP contribution < -0.4 is 0 Å². The zero-order chi connectivity index (χ0) is 14.7. The molecule has 0 radical (unpaired) electrons. The van der Waals surface area contributed by atoms with Gasteiger partial charge in [0.2, 0.25) is 0 Å². The van der Waals surface area contributed by atoms with Crippen LogP contribution in [0.2, 0.25) is 0 Å². The first-order valence-electron chi connectivity index (χ1n) is 6.13. The molecule has 5 nitrogen and oxygen atoms in total. The van der Waals surface area contributed by atoms with E-state index in [0.29, 0.717) is 17.0 Å². The van der Waals surface area contributed by atoms with Gasteiger partial charge in [-0.15, -0.1) is 0 Å². The van der Waals surface area contributed by atoms with Crippen molar-refractivity contribution in [1.82, 2.24) is 4.90 Å². The normalized spacial score (nSPS) is 17.3. The fraction of sp³-hybridized carbons (Fsp3) is 0.286. The Morgan fingerprint density at radius 1 is 1.40 bits per heavy atom. The second-order valence-electron chi connectivity index (χ2n) is 4.25. The Labute approximate surface area is 121 Å². The van der Waals surface area contributed by atoms with Crippen LogP contribution >= 0.6 is 11.8 Å². The molecular formula is C14H15NO4S. The largest absolute Gasteiger partial charge is 0.508 e. The molecule has 0 bridgehead atoms. The van der Waals surface area contributed by atoms with Crippen LogP contribution in [0.1, 0.15) is 18.1 Å². The molecule has 20 heavy (non-hydrogen) atoms. The Morgan fingerprint density at radius 3 is 2.75 bits per heavy atom. The maximum atomic E-state index is 12.0. The maximum absolute atomic E-state index is 12.0.